The molecule has 96 valence electrons. The zero-order chi connectivity index (χ0) is 13.1. The number of hydrogen-bond acceptors (Lipinski definition) is 3. The number of thiazole rings is 1. The van der Waals surface area contributed by atoms with Gasteiger partial charge in [-0.1, -0.05) is 18.3 Å². The average Bonchev–Trinajstić information content (AvgIpc) is 2.55. The van der Waals surface area contributed by atoms with E-state index in [-0.39, 0.29) is 5.25 Å². The van der Waals surface area contributed by atoms with Crippen molar-refractivity contribution < 1.29 is 13.2 Å². The molecule has 2 nitrogen and oxygen atoms in total. The van der Waals surface area contributed by atoms with Crippen LogP contribution in [0.2, 0.25) is 0 Å². The largest absolute Gasteiger partial charge is 0.416 e. The molecule has 1 aliphatic rings. The lowest BCUT2D eigenvalue weighted by Crippen LogP contribution is -2.22. The number of rotatable bonds is 0. The minimum atomic E-state index is -4.33. The Kier molecular flexibility index (Phi) is 2.54. The third-order valence-corrected chi connectivity index (χ3v) is 4.92. The molecule has 0 saturated carbocycles. The van der Waals surface area contributed by atoms with Crippen LogP contribution in [0.15, 0.2) is 17.0 Å². The summed E-state index contributed by atoms with van der Waals surface area (Å²) >= 11 is 2.56. The van der Waals surface area contributed by atoms with Gasteiger partial charge in [-0.3, -0.25) is 5.41 Å². The molecule has 0 amide bonds. The standard InChI is InChI=1S/C11H9F3N2S2/c1-5-4-16-9-7(17-5)2-6(11(12,13)14)3-8(9)18-10(16)15/h2-3,5,15H,4H2,1H3/t5-/m1/s1. The fourth-order valence-electron chi connectivity index (χ4n) is 2.13. The van der Waals surface area contributed by atoms with Gasteiger partial charge in [0.25, 0.3) is 0 Å². The van der Waals surface area contributed by atoms with Crippen LogP contribution in [0.1, 0.15) is 12.5 Å². The van der Waals surface area contributed by atoms with Crippen LogP contribution in [0.5, 0.6) is 0 Å². The van der Waals surface area contributed by atoms with Gasteiger partial charge >= 0.3 is 6.18 Å². The lowest BCUT2D eigenvalue weighted by molar-refractivity contribution is -0.137. The quantitative estimate of drug-likeness (QED) is 0.787. The topological polar surface area (TPSA) is 28.8 Å². The van der Waals surface area contributed by atoms with Gasteiger partial charge in [0.15, 0.2) is 4.80 Å². The molecular weight excluding hydrogens is 281 g/mol. The number of halogens is 3. The maximum absolute atomic E-state index is 12.8. The summed E-state index contributed by atoms with van der Waals surface area (Å²) < 4.78 is 40.7. The van der Waals surface area contributed by atoms with Crippen LogP contribution in [0.3, 0.4) is 0 Å². The Balaban J connectivity index is 2.35. The maximum Gasteiger partial charge on any atom is 0.416 e. The Morgan fingerprint density at radius 1 is 1.39 bits per heavy atom. The van der Waals surface area contributed by atoms with E-state index in [2.05, 4.69) is 0 Å². The van der Waals surface area contributed by atoms with E-state index >= 15 is 0 Å². The second-order valence-corrected chi connectivity index (χ2v) is 6.78. The van der Waals surface area contributed by atoms with Crippen LogP contribution in [0, 0.1) is 5.41 Å². The van der Waals surface area contributed by atoms with E-state index in [4.69, 9.17) is 5.41 Å². The molecule has 1 aromatic heterocycles. The molecule has 7 heteroatoms. The molecule has 1 N–H and O–H groups in total. The number of thioether (sulfide) groups is 1. The van der Waals surface area contributed by atoms with E-state index in [9.17, 15) is 13.2 Å². The van der Waals surface area contributed by atoms with Gasteiger partial charge in [-0.2, -0.15) is 13.2 Å². The summed E-state index contributed by atoms with van der Waals surface area (Å²) in [6, 6.07) is 2.35. The van der Waals surface area contributed by atoms with E-state index in [1.54, 1.807) is 4.57 Å². The molecular formula is C11H9F3N2S2. The molecule has 0 spiro atoms. The van der Waals surface area contributed by atoms with Gasteiger partial charge in [-0.15, -0.1) is 11.8 Å². The Bertz CT molecular complexity index is 684. The summed E-state index contributed by atoms with van der Waals surface area (Å²) in [4.78, 5) is 0.950. The molecule has 1 aromatic carbocycles. The van der Waals surface area contributed by atoms with Gasteiger partial charge in [0.1, 0.15) is 0 Å². The highest BCUT2D eigenvalue weighted by Crippen LogP contribution is 2.41. The van der Waals surface area contributed by atoms with Gasteiger partial charge in [-0.25, -0.2) is 0 Å². The van der Waals surface area contributed by atoms with Crippen LogP contribution < -0.4 is 4.80 Å². The van der Waals surface area contributed by atoms with Crippen molar-refractivity contribution in [1.82, 2.24) is 4.57 Å². The monoisotopic (exact) mass is 290 g/mol. The minimum absolute atomic E-state index is 0.188. The van der Waals surface area contributed by atoms with Crippen molar-refractivity contribution in [2.45, 2.75) is 29.8 Å². The van der Waals surface area contributed by atoms with Gasteiger partial charge in [0, 0.05) is 16.7 Å². The predicted molar refractivity (Wildman–Crippen MR) is 66.0 cm³/mol. The summed E-state index contributed by atoms with van der Waals surface area (Å²) in [6.45, 7) is 2.64. The van der Waals surface area contributed by atoms with E-state index in [1.807, 2.05) is 6.92 Å². The summed E-state index contributed by atoms with van der Waals surface area (Å²) in [5, 5.41) is 8.02. The second kappa shape index (κ2) is 3.77. The van der Waals surface area contributed by atoms with Crippen molar-refractivity contribution in [2.24, 2.45) is 0 Å². The Morgan fingerprint density at radius 2 is 2.11 bits per heavy atom. The molecule has 0 unspecified atom stereocenters. The molecule has 0 aliphatic carbocycles. The number of alkyl halides is 3. The molecule has 3 rings (SSSR count). The van der Waals surface area contributed by atoms with E-state index in [1.165, 1.54) is 17.8 Å². The molecule has 1 atom stereocenters. The Labute approximate surface area is 109 Å². The molecule has 0 radical (unpaired) electrons. The Hall–Kier alpha value is -0.950. The highest BCUT2D eigenvalue weighted by Gasteiger charge is 2.33. The van der Waals surface area contributed by atoms with Crippen molar-refractivity contribution in [3.8, 4) is 0 Å². The molecule has 0 fully saturated rings. The lowest BCUT2D eigenvalue weighted by atomic mass is 10.2. The molecule has 2 aromatic rings. The van der Waals surface area contributed by atoms with Crippen molar-refractivity contribution in [3.63, 3.8) is 0 Å². The molecule has 0 bridgehead atoms. The zero-order valence-electron chi connectivity index (χ0n) is 9.34. The van der Waals surface area contributed by atoms with Crippen LogP contribution in [0.4, 0.5) is 13.2 Å². The summed E-state index contributed by atoms with van der Waals surface area (Å²) in [5.41, 5.74) is 0.154. The number of hydrogen-bond donors (Lipinski definition) is 1. The van der Waals surface area contributed by atoms with Crippen molar-refractivity contribution >= 4 is 33.3 Å². The van der Waals surface area contributed by atoms with Crippen molar-refractivity contribution in [2.75, 3.05) is 0 Å². The zero-order valence-corrected chi connectivity index (χ0v) is 11.0. The second-order valence-electron chi connectivity index (χ2n) is 4.27. The molecule has 1 aliphatic heterocycles. The maximum atomic E-state index is 12.8. The molecule has 0 saturated heterocycles. The van der Waals surface area contributed by atoms with Crippen LogP contribution >= 0.6 is 23.1 Å². The number of aromatic nitrogens is 1. The summed E-state index contributed by atoms with van der Waals surface area (Å²) in [5.74, 6) is 0. The van der Waals surface area contributed by atoms with Crippen molar-refractivity contribution in [3.05, 3.63) is 22.5 Å². The van der Waals surface area contributed by atoms with E-state index < -0.39 is 11.7 Å². The predicted octanol–water partition coefficient (Wildman–Crippen LogP) is 3.70. The smallest absolute Gasteiger partial charge is 0.315 e. The number of nitrogens with one attached hydrogen (secondary N) is 1. The third-order valence-electron chi connectivity index (χ3n) is 2.86. The van der Waals surface area contributed by atoms with Gasteiger partial charge in [-0.05, 0) is 12.1 Å². The normalized spacial score (nSPS) is 19.4. The number of benzene rings is 1. The van der Waals surface area contributed by atoms with Gasteiger partial charge < -0.3 is 4.57 Å². The van der Waals surface area contributed by atoms with Crippen LogP contribution in [-0.4, -0.2) is 9.82 Å². The van der Waals surface area contributed by atoms with Crippen molar-refractivity contribution in [1.29, 1.82) is 5.41 Å². The molecule has 2 heterocycles. The fourth-order valence-corrected chi connectivity index (χ4v) is 4.36. The first-order valence-electron chi connectivity index (χ1n) is 5.32. The Morgan fingerprint density at radius 3 is 2.78 bits per heavy atom. The third kappa shape index (κ3) is 1.76. The number of nitrogens with zero attached hydrogens (tertiary/aromatic N) is 1. The fraction of sp³-hybridized carbons (Fsp3) is 0.364. The first kappa shape index (κ1) is 12.1. The first-order valence-corrected chi connectivity index (χ1v) is 7.01. The summed E-state index contributed by atoms with van der Waals surface area (Å²) in [6.07, 6.45) is -4.33. The first-order chi connectivity index (χ1) is 8.36. The van der Waals surface area contributed by atoms with E-state index in [0.29, 0.717) is 20.9 Å². The highest BCUT2D eigenvalue weighted by atomic mass is 32.2. The molecule has 18 heavy (non-hydrogen) atoms. The van der Waals surface area contributed by atoms with Gasteiger partial charge in [0.2, 0.25) is 0 Å². The average molecular weight is 290 g/mol. The SMILES string of the molecule is C[C@@H]1Cn2c(=N)sc3cc(C(F)(F)F)cc(c32)S1. The minimum Gasteiger partial charge on any atom is -0.315 e. The van der Waals surface area contributed by atoms with Crippen LogP contribution in [0.25, 0.3) is 10.2 Å². The highest BCUT2D eigenvalue weighted by molar-refractivity contribution is 8.00. The van der Waals surface area contributed by atoms with E-state index in [0.717, 1.165) is 22.9 Å². The lowest BCUT2D eigenvalue weighted by Gasteiger charge is -2.21. The summed E-state index contributed by atoms with van der Waals surface area (Å²) in [7, 11) is 0. The van der Waals surface area contributed by atoms with Crippen LogP contribution in [-0.2, 0) is 12.7 Å². The van der Waals surface area contributed by atoms with Gasteiger partial charge in [0.05, 0.1) is 15.8 Å².